The van der Waals surface area contributed by atoms with Crippen molar-refractivity contribution >= 4 is 5.97 Å². The van der Waals surface area contributed by atoms with Crippen LogP contribution in [0.4, 0.5) is 0 Å². The van der Waals surface area contributed by atoms with Gasteiger partial charge in [0.1, 0.15) is 12.4 Å². The number of ether oxygens (including phenoxy) is 2. The van der Waals surface area contributed by atoms with Crippen molar-refractivity contribution < 1.29 is 19.4 Å². The van der Waals surface area contributed by atoms with Crippen LogP contribution in [0.25, 0.3) is 0 Å². The van der Waals surface area contributed by atoms with Crippen molar-refractivity contribution in [2.75, 3.05) is 7.11 Å². The topological polar surface area (TPSA) is 55.8 Å². The number of methoxy groups -OCH3 is 1. The molecule has 21 heavy (non-hydrogen) atoms. The van der Waals surface area contributed by atoms with Gasteiger partial charge in [0.15, 0.2) is 0 Å². The highest BCUT2D eigenvalue weighted by Crippen LogP contribution is 2.17. The minimum absolute atomic E-state index is 0.0177. The van der Waals surface area contributed by atoms with E-state index in [0.717, 1.165) is 16.7 Å². The van der Waals surface area contributed by atoms with E-state index >= 15 is 0 Å². The third kappa shape index (κ3) is 4.33. The molecule has 2 rings (SSSR count). The summed E-state index contributed by atoms with van der Waals surface area (Å²) in [5.41, 5.74) is 2.63. The van der Waals surface area contributed by atoms with Crippen molar-refractivity contribution in [2.24, 2.45) is 0 Å². The Bertz CT molecular complexity index is 607. The number of aliphatic hydroxyl groups excluding tert-OH is 1. The average molecular weight is 286 g/mol. The smallest absolute Gasteiger partial charge is 0.309 e. The molecule has 0 amide bonds. The predicted octanol–water partition coefficient (Wildman–Crippen LogP) is 2.47. The van der Waals surface area contributed by atoms with Crippen LogP contribution >= 0.6 is 0 Å². The zero-order valence-corrected chi connectivity index (χ0v) is 11.9. The Morgan fingerprint density at radius 3 is 2.57 bits per heavy atom. The first-order valence-corrected chi connectivity index (χ1v) is 6.69. The summed E-state index contributed by atoms with van der Waals surface area (Å²) in [4.78, 5) is 11.4. The average Bonchev–Trinajstić information content (AvgIpc) is 2.54. The molecule has 0 saturated carbocycles. The van der Waals surface area contributed by atoms with Gasteiger partial charge >= 0.3 is 5.97 Å². The number of rotatable bonds is 6. The van der Waals surface area contributed by atoms with E-state index in [9.17, 15) is 4.79 Å². The van der Waals surface area contributed by atoms with Gasteiger partial charge in [-0.3, -0.25) is 4.79 Å². The molecule has 110 valence electrons. The summed E-state index contributed by atoms with van der Waals surface area (Å²) in [5, 5.41) is 9.11. The summed E-state index contributed by atoms with van der Waals surface area (Å²) >= 11 is 0. The molecule has 1 N–H and O–H groups in total. The normalized spacial score (nSPS) is 10.2. The summed E-state index contributed by atoms with van der Waals surface area (Å²) in [7, 11) is 1.38. The number of benzene rings is 2. The Morgan fingerprint density at radius 1 is 1.10 bits per heavy atom. The Kier molecular flexibility index (Phi) is 5.35. The molecule has 2 aromatic rings. The molecule has 4 heteroatoms. The summed E-state index contributed by atoms with van der Waals surface area (Å²) in [6, 6.07) is 14.9. The molecule has 0 aliphatic carbocycles. The molecule has 0 unspecified atom stereocenters. The first kappa shape index (κ1) is 15.1. The maximum absolute atomic E-state index is 11.4. The van der Waals surface area contributed by atoms with Crippen LogP contribution in [0.1, 0.15) is 16.7 Å². The molecule has 2 aromatic carbocycles. The van der Waals surface area contributed by atoms with Gasteiger partial charge in [0, 0.05) is 0 Å². The van der Waals surface area contributed by atoms with Crippen molar-refractivity contribution in [3.05, 3.63) is 65.2 Å². The lowest BCUT2D eigenvalue weighted by Gasteiger charge is -2.11. The van der Waals surface area contributed by atoms with E-state index in [-0.39, 0.29) is 19.0 Å². The standard InChI is InChI=1S/C17H18O4/c1-20-17(19)10-14-6-2-3-7-15(14)12-21-16-8-4-5-13(9-16)11-18/h2-9,18H,10-12H2,1H3. The van der Waals surface area contributed by atoms with E-state index in [4.69, 9.17) is 14.6 Å². The number of aliphatic hydroxyl groups is 1. The van der Waals surface area contributed by atoms with Crippen LogP contribution in [-0.4, -0.2) is 18.2 Å². The fourth-order valence-electron chi connectivity index (χ4n) is 1.99. The van der Waals surface area contributed by atoms with E-state index in [1.165, 1.54) is 7.11 Å². The monoisotopic (exact) mass is 286 g/mol. The van der Waals surface area contributed by atoms with E-state index in [1.54, 1.807) is 6.07 Å². The van der Waals surface area contributed by atoms with E-state index in [0.29, 0.717) is 12.4 Å². The third-order valence-electron chi connectivity index (χ3n) is 3.16. The minimum Gasteiger partial charge on any atom is -0.489 e. The molecule has 4 nitrogen and oxygen atoms in total. The van der Waals surface area contributed by atoms with Gasteiger partial charge in [-0.1, -0.05) is 36.4 Å². The summed E-state index contributed by atoms with van der Waals surface area (Å²) in [6.07, 6.45) is 0.229. The van der Waals surface area contributed by atoms with Gasteiger partial charge < -0.3 is 14.6 Å². The van der Waals surface area contributed by atoms with Crippen LogP contribution < -0.4 is 4.74 Å². The van der Waals surface area contributed by atoms with E-state index in [2.05, 4.69) is 0 Å². The van der Waals surface area contributed by atoms with Crippen molar-refractivity contribution in [3.63, 3.8) is 0 Å². The lowest BCUT2D eigenvalue weighted by molar-refractivity contribution is -0.139. The maximum atomic E-state index is 11.4. The van der Waals surface area contributed by atoms with Crippen LogP contribution in [0.5, 0.6) is 5.75 Å². The van der Waals surface area contributed by atoms with Crippen LogP contribution in [0.2, 0.25) is 0 Å². The quantitative estimate of drug-likeness (QED) is 0.829. The van der Waals surface area contributed by atoms with Gasteiger partial charge in [-0.2, -0.15) is 0 Å². The highest BCUT2D eigenvalue weighted by atomic mass is 16.5. The van der Waals surface area contributed by atoms with Crippen molar-refractivity contribution in [1.82, 2.24) is 0 Å². The SMILES string of the molecule is COC(=O)Cc1ccccc1COc1cccc(CO)c1. The molecule has 0 heterocycles. The molecule has 0 aliphatic rings. The van der Waals surface area contributed by atoms with Gasteiger partial charge in [0.05, 0.1) is 20.1 Å². The van der Waals surface area contributed by atoms with Gasteiger partial charge in [0.2, 0.25) is 0 Å². The van der Waals surface area contributed by atoms with Crippen LogP contribution in [0, 0.1) is 0 Å². The first-order valence-electron chi connectivity index (χ1n) is 6.69. The Balaban J connectivity index is 2.07. The van der Waals surface area contributed by atoms with Crippen LogP contribution in [0.15, 0.2) is 48.5 Å². The number of hydrogen-bond donors (Lipinski definition) is 1. The minimum atomic E-state index is -0.273. The number of esters is 1. The number of carbonyl (C=O) groups is 1. The molecule has 0 saturated heterocycles. The molecule has 0 aliphatic heterocycles. The molecule has 0 atom stereocenters. The second-order valence-electron chi connectivity index (χ2n) is 4.62. The predicted molar refractivity (Wildman–Crippen MR) is 78.9 cm³/mol. The molecular weight excluding hydrogens is 268 g/mol. The highest BCUT2D eigenvalue weighted by molar-refractivity contribution is 5.72. The number of carbonyl (C=O) groups excluding carboxylic acids is 1. The molecule has 0 spiro atoms. The lowest BCUT2D eigenvalue weighted by atomic mass is 10.1. The Labute approximate surface area is 123 Å². The third-order valence-corrected chi connectivity index (χ3v) is 3.16. The van der Waals surface area contributed by atoms with E-state index in [1.807, 2.05) is 42.5 Å². The Hall–Kier alpha value is -2.33. The molecular formula is C17H18O4. The molecule has 0 aromatic heterocycles. The van der Waals surface area contributed by atoms with Crippen molar-refractivity contribution in [3.8, 4) is 5.75 Å². The van der Waals surface area contributed by atoms with Crippen LogP contribution in [-0.2, 0) is 29.2 Å². The van der Waals surface area contributed by atoms with Crippen LogP contribution in [0.3, 0.4) is 0 Å². The summed E-state index contributed by atoms with van der Waals surface area (Å²) < 4.78 is 10.4. The largest absolute Gasteiger partial charge is 0.489 e. The van der Waals surface area contributed by atoms with E-state index < -0.39 is 0 Å². The molecule has 0 radical (unpaired) electrons. The summed E-state index contributed by atoms with van der Waals surface area (Å²) in [6.45, 7) is 0.345. The second kappa shape index (κ2) is 7.45. The summed E-state index contributed by atoms with van der Waals surface area (Å²) in [5.74, 6) is 0.416. The fourth-order valence-corrected chi connectivity index (χ4v) is 1.99. The fraction of sp³-hybridized carbons (Fsp3) is 0.235. The molecule has 0 fully saturated rings. The van der Waals surface area contributed by atoms with Gasteiger partial charge in [-0.05, 0) is 28.8 Å². The zero-order valence-electron chi connectivity index (χ0n) is 11.9. The number of hydrogen-bond acceptors (Lipinski definition) is 4. The highest BCUT2D eigenvalue weighted by Gasteiger charge is 2.08. The van der Waals surface area contributed by atoms with Crippen molar-refractivity contribution in [1.29, 1.82) is 0 Å². The lowest BCUT2D eigenvalue weighted by Crippen LogP contribution is -2.08. The van der Waals surface area contributed by atoms with Gasteiger partial charge in [0.25, 0.3) is 0 Å². The van der Waals surface area contributed by atoms with Gasteiger partial charge in [-0.25, -0.2) is 0 Å². The van der Waals surface area contributed by atoms with Crippen molar-refractivity contribution in [2.45, 2.75) is 19.6 Å². The molecule has 0 bridgehead atoms. The Morgan fingerprint density at radius 2 is 1.86 bits per heavy atom. The maximum Gasteiger partial charge on any atom is 0.309 e. The van der Waals surface area contributed by atoms with Gasteiger partial charge in [-0.15, -0.1) is 0 Å². The zero-order chi connectivity index (χ0) is 15.1. The second-order valence-corrected chi connectivity index (χ2v) is 4.62. The first-order chi connectivity index (χ1) is 10.2.